The fraction of sp³-hybridized carbons (Fsp3) is 0.444. The molecule has 1 aromatic rings. The van der Waals surface area contributed by atoms with Gasteiger partial charge in [0.15, 0.2) is 5.96 Å². The van der Waals surface area contributed by atoms with Crippen molar-refractivity contribution in [2.24, 2.45) is 4.99 Å². The highest BCUT2D eigenvalue weighted by molar-refractivity contribution is 5.84. The second kappa shape index (κ2) is 9.66. The Labute approximate surface area is 139 Å². The van der Waals surface area contributed by atoms with E-state index in [1.807, 2.05) is 0 Å². The predicted octanol–water partition coefficient (Wildman–Crippen LogP) is 1.66. The molecule has 0 aliphatic carbocycles. The topological polar surface area (TPSA) is 56.7 Å². The molecule has 2 N–H and O–H groups in total. The Morgan fingerprint density at radius 3 is 2.43 bits per heavy atom. The van der Waals surface area contributed by atoms with Gasteiger partial charge in [-0.15, -0.1) is 6.58 Å². The number of hydrogen-bond donors (Lipinski definition) is 2. The van der Waals surface area contributed by atoms with E-state index in [-0.39, 0.29) is 12.5 Å². The third-order valence-corrected chi connectivity index (χ3v) is 3.27. The highest BCUT2D eigenvalue weighted by Crippen LogP contribution is 2.08. The number of hydrogen-bond acceptors (Lipinski definition) is 2. The summed E-state index contributed by atoms with van der Waals surface area (Å²) in [5, 5.41) is 6.38. The van der Waals surface area contributed by atoms with Crippen molar-refractivity contribution in [1.29, 1.82) is 0 Å². The van der Waals surface area contributed by atoms with Crippen molar-refractivity contribution in [1.82, 2.24) is 15.5 Å². The number of nitrogens with one attached hydrogen (secondary N) is 2. The Morgan fingerprint density at radius 1 is 1.22 bits per heavy atom. The summed E-state index contributed by atoms with van der Waals surface area (Å²) in [6, 6.07) is 6.55. The van der Waals surface area contributed by atoms with E-state index >= 15 is 0 Å². The summed E-state index contributed by atoms with van der Waals surface area (Å²) < 4.78 is 0. The number of carbonyl (C=O) groups is 1. The number of benzene rings is 1. The largest absolute Gasteiger partial charge is 0.356 e. The van der Waals surface area contributed by atoms with Crippen LogP contribution in [-0.4, -0.2) is 50.5 Å². The van der Waals surface area contributed by atoms with Gasteiger partial charge >= 0.3 is 0 Å². The zero-order valence-corrected chi connectivity index (χ0v) is 14.6. The van der Waals surface area contributed by atoms with Crippen LogP contribution in [0.5, 0.6) is 0 Å². The van der Waals surface area contributed by atoms with E-state index in [0.717, 1.165) is 13.0 Å². The molecule has 0 heterocycles. The molecule has 0 aliphatic rings. The third-order valence-electron chi connectivity index (χ3n) is 3.27. The average molecular weight is 316 g/mol. The summed E-state index contributed by atoms with van der Waals surface area (Å²) >= 11 is 0. The van der Waals surface area contributed by atoms with Gasteiger partial charge in [-0.1, -0.05) is 35.4 Å². The molecule has 1 rings (SSSR count). The molecule has 0 atom stereocenters. The third kappa shape index (κ3) is 7.49. The number of guanidine groups is 1. The lowest BCUT2D eigenvalue weighted by molar-refractivity contribution is -0.127. The molecule has 0 aromatic heterocycles. The molecule has 1 aromatic carbocycles. The lowest BCUT2D eigenvalue weighted by atomic mass is 10.1. The number of amides is 1. The van der Waals surface area contributed by atoms with E-state index in [2.05, 4.69) is 54.3 Å². The molecule has 0 saturated heterocycles. The van der Waals surface area contributed by atoms with Crippen molar-refractivity contribution in [2.75, 3.05) is 33.7 Å². The summed E-state index contributed by atoms with van der Waals surface area (Å²) in [5.74, 6) is 0.600. The Bertz CT molecular complexity index is 544. The van der Waals surface area contributed by atoms with Crippen LogP contribution in [0.4, 0.5) is 0 Å². The zero-order chi connectivity index (χ0) is 17.2. The van der Waals surface area contributed by atoms with Gasteiger partial charge < -0.3 is 15.5 Å². The average Bonchev–Trinajstić information content (AvgIpc) is 2.48. The molecule has 0 fully saturated rings. The van der Waals surface area contributed by atoms with E-state index in [1.54, 1.807) is 20.2 Å². The van der Waals surface area contributed by atoms with Gasteiger partial charge in [-0.2, -0.15) is 0 Å². The van der Waals surface area contributed by atoms with Crippen LogP contribution in [0, 0.1) is 13.8 Å². The molecule has 0 saturated carbocycles. The van der Waals surface area contributed by atoms with E-state index in [1.165, 1.54) is 21.6 Å². The summed E-state index contributed by atoms with van der Waals surface area (Å²) in [5.41, 5.74) is 3.84. The van der Waals surface area contributed by atoms with Crippen LogP contribution in [0.25, 0.3) is 0 Å². The molecule has 5 nitrogen and oxygen atoms in total. The fourth-order valence-corrected chi connectivity index (χ4v) is 2.17. The molecule has 126 valence electrons. The molecule has 0 radical (unpaired) electrons. The number of aryl methyl sites for hydroxylation is 2. The highest BCUT2D eigenvalue weighted by atomic mass is 16.2. The maximum Gasteiger partial charge on any atom is 0.243 e. The maximum atomic E-state index is 11.6. The molecular formula is C18H28N4O. The second-order valence-corrected chi connectivity index (χ2v) is 5.80. The maximum absolute atomic E-state index is 11.6. The van der Waals surface area contributed by atoms with Crippen molar-refractivity contribution in [3.8, 4) is 0 Å². The first-order chi connectivity index (χ1) is 10.9. The zero-order valence-electron chi connectivity index (χ0n) is 14.6. The summed E-state index contributed by atoms with van der Waals surface area (Å²) in [7, 11) is 3.45. The molecule has 1 amide bonds. The minimum atomic E-state index is -0.0287. The van der Waals surface area contributed by atoms with Gasteiger partial charge in [0, 0.05) is 27.2 Å². The highest BCUT2D eigenvalue weighted by Gasteiger charge is 2.04. The van der Waals surface area contributed by atoms with Gasteiger partial charge in [-0.05, 0) is 25.8 Å². The molecule has 0 aliphatic heterocycles. The SMILES string of the molecule is C=CCNC(=NCC(=O)N(C)C)NCCc1cc(C)cc(C)c1. The molecule has 0 spiro atoms. The Kier molecular flexibility index (Phi) is 7.88. The molecular weight excluding hydrogens is 288 g/mol. The number of aliphatic imine (C=N–C) groups is 1. The summed E-state index contributed by atoms with van der Waals surface area (Å²) in [6.45, 7) is 9.38. The van der Waals surface area contributed by atoms with Crippen LogP contribution in [0.2, 0.25) is 0 Å². The first kappa shape index (κ1) is 18.7. The van der Waals surface area contributed by atoms with Crippen molar-refractivity contribution in [2.45, 2.75) is 20.3 Å². The van der Waals surface area contributed by atoms with Crippen LogP contribution in [-0.2, 0) is 11.2 Å². The molecule has 5 heteroatoms. The normalized spacial score (nSPS) is 11.0. The number of carbonyl (C=O) groups excluding carboxylic acids is 1. The fourth-order valence-electron chi connectivity index (χ4n) is 2.17. The standard InChI is InChI=1S/C18H28N4O/c1-6-8-19-18(21-13-17(23)22(4)5)20-9-7-16-11-14(2)10-15(3)12-16/h6,10-12H,1,7-9,13H2,2-5H3,(H2,19,20,21). The lowest BCUT2D eigenvalue weighted by Crippen LogP contribution is -2.39. The minimum Gasteiger partial charge on any atom is -0.356 e. The molecule has 0 bridgehead atoms. The van der Waals surface area contributed by atoms with E-state index in [0.29, 0.717) is 12.5 Å². The van der Waals surface area contributed by atoms with Gasteiger partial charge in [0.1, 0.15) is 6.54 Å². The van der Waals surface area contributed by atoms with Gasteiger partial charge in [0.05, 0.1) is 0 Å². The van der Waals surface area contributed by atoms with Gasteiger partial charge in [-0.25, -0.2) is 4.99 Å². The van der Waals surface area contributed by atoms with Gasteiger partial charge in [0.25, 0.3) is 0 Å². The molecule has 23 heavy (non-hydrogen) atoms. The second-order valence-electron chi connectivity index (χ2n) is 5.80. The lowest BCUT2D eigenvalue weighted by Gasteiger charge is -2.13. The quantitative estimate of drug-likeness (QED) is 0.457. The van der Waals surface area contributed by atoms with E-state index in [9.17, 15) is 4.79 Å². The van der Waals surface area contributed by atoms with Crippen LogP contribution in [0.15, 0.2) is 35.8 Å². The minimum absolute atomic E-state index is 0.0287. The monoisotopic (exact) mass is 316 g/mol. The van der Waals surface area contributed by atoms with Crippen LogP contribution < -0.4 is 10.6 Å². The first-order valence-electron chi connectivity index (χ1n) is 7.82. The Morgan fingerprint density at radius 2 is 1.87 bits per heavy atom. The van der Waals surface area contributed by atoms with Crippen molar-refractivity contribution in [3.05, 3.63) is 47.5 Å². The van der Waals surface area contributed by atoms with Crippen molar-refractivity contribution < 1.29 is 4.79 Å². The van der Waals surface area contributed by atoms with E-state index < -0.39 is 0 Å². The van der Waals surface area contributed by atoms with Crippen LogP contribution >= 0.6 is 0 Å². The smallest absolute Gasteiger partial charge is 0.243 e. The first-order valence-corrected chi connectivity index (χ1v) is 7.82. The van der Waals surface area contributed by atoms with Gasteiger partial charge in [-0.3, -0.25) is 4.79 Å². The Balaban J connectivity index is 2.57. The number of rotatable bonds is 7. The number of nitrogens with zero attached hydrogens (tertiary/aromatic N) is 2. The number of likely N-dealkylation sites (N-methyl/N-ethyl adjacent to an activating group) is 1. The van der Waals surface area contributed by atoms with Crippen molar-refractivity contribution >= 4 is 11.9 Å². The van der Waals surface area contributed by atoms with Crippen LogP contribution in [0.3, 0.4) is 0 Å². The predicted molar refractivity (Wildman–Crippen MR) is 96.8 cm³/mol. The van der Waals surface area contributed by atoms with Crippen LogP contribution in [0.1, 0.15) is 16.7 Å². The van der Waals surface area contributed by atoms with Crippen molar-refractivity contribution in [3.63, 3.8) is 0 Å². The van der Waals surface area contributed by atoms with E-state index in [4.69, 9.17) is 0 Å². The summed E-state index contributed by atoms with van der Waals surface area (Å²) in [4.78, 5) is 17.5. The summed E-state index contributed by atoms with van der Waals surface area (Å²) in [6.07, 6.45) is 2.66. The Hall–Kier alpha value is -2.30. The van der Waals surface area contributed by atoms with Gasteiger partial charge in [0.2, 0.25) is 5.91 Å². The molecule has 0 unspecified atom stereocenters.